The Hall–Kier alpha value is -7.15. The molecule has 17 nitrogen and oxygen atoms in total. The fraction of sp³-hybridized carbons (Fsp3) is 0.200. The molecule has 2 fully saturated rings. The van der Waals surface area contributed by atoms with Gasteiger partial charge < -0.3 is 26.3 Å². The van der Waals surface area contributed by atoms with E-state index in [1.807, 2.05) is 121 Å². The van der Waals surface area contributed by atoms with Gasteiger partial charge in [0.05, 0.1) is 17.1 Å². The zero-order valence-corrected chi connectivity index (χ0v) is 41.9. The Labute approximate surface area is 439 Å². The van der Waals surface area contributed by atoms with Gasteiger partial charge in [0, 0.05) is 24.2 Å². The van der Waals surface area contributed by atoms with Gasteiger partial charge in [-0.15, -0.1) is 0 Å². The molecule has 5 heterocycles. The lowest BCUT2D eigenvalue weighted by Crippen LogP contribution is -2.43. The molecule has 3 aromatic heterocycles. The van der Waals surface area contributed by atoms with Gasteiger partial charge in [0.2, 0.25) is 11.1 Å². The molecule has 0 aliphatic carbocycles. The topological polar surface area (TPSA) is 235 Å². The van der Waals surface area contributed by atoms with Crippen molar-refractivity contribution < 1.29 is 28.7 Å². The highest BCUT2D eigenvalue weighted by molar-refractivity contribution is 6.64. The number of nitrogen functional groups attached to an aromatic ring is 2. The first kappa shape index (κ1) is 54.2. The standard InChI is InChI=1S/C23H21ClN4O3.C13H14ClNO3.C10H8ClN3.C4H3Cl2N3/c24-21-20(19(25-15-26-21)17-10-5-2-6-11-17)27-22(29)18-12-7-13-28(18)23(30)31-14-16-8-3-1-4-9-16;14-12(16)11-7-4-8-15(11)13(17)18-9-10-5-2-1-3-6-10;11-10-8(12)9(13-6-14-10)7-4-2-1-3-5-7;5-3-2(7)4(6)9-1-8-3/h1-6,8-11,15,18H,7,12-14H2,(H,27,29);1-3,5-6,11H,4,7-9H2;1-6H,12H2;1H,7H2/t18-;11-;;/m00../s1. The monoisotopic (exact) mass is 1070 g/mol. The number of nitrogens with two attached hydrogens (primary N) is 2. The minimum absolute atomic E-state index is 0.137. The third-order valence-corrected chi connectivity index (χ3v) is 12.2. The maximum atomic E-state index is 13.1. The lowest BCUT2D eigenvalue weighted by Gasteiger charge is -2.24. The van der Waals surface area contributed by atoms with E-state index < -0.39 is 29.5 Å². The van der Waals surface area contributed by atoms with Gasteiger partial charge in [-0.05, 0) is 48.4 Å². The number of hydrogen-bond donors (Lipinski definition) is 3. The molecule has 5 N–H and O–H groups in total. The van der Waals surface area contributed by atoms with Crippen molar-refractivity contribution in [2.24, 2.45) is 0 Å². The molecule has 0 saturated carbocycles. The Morgan fingerprint density at radius 2 is 0.917 bits per heavy atom. The van der Waals surface area contributed by atoms with Crippen LogP contribution in [0.15, 0.2) is 140 Å². The Kier molecular flexibility index (Phi) is 20.7. The third-order valence-electron chi connectivity index (χ3n) is 10.7. The van der Waals surface area contributed by atoms with Crippen molar-refractivity contribution in [3.05, 3.63) is 172 Å². The van der Waals surface area contributed by atoms with Gasteiger partial charge in [-0.3, -0.25) is 19.4 Å². The lowest BCUT2D eigenvalue weighted by molar-refractivity contribution is -0.120. The summed E-state index contributed by atoms with van der Waals surface area (Å²) in [4.78, 5) is 74.9. The van der Waals surface area contributed by atoms with Gasteiger partial charge in [-0.1, -0.05) is 168 Å². The second-order valence-electron chi connectivity index (χ2n) is 15.5. The maximum absolute atomic E-state index is 13.1. The van der Waals surface area contributed by atoms with Crippen molar-refractivity contribution in [2.75, 3.05) is 29.9 Å². The van der Waals surface area contributed by atoms with Crippen LogP contribution in [0, 0.1) is 0 Å². The summed E-state index contributed by atoms with van der Waals surface area (Å²) in [6.07, 6.45) is 5.66. The largest absolute Gasteiger partial charge is 0.445 e. The van der Waals surface area contributed by atoms with Gasteiger partial charge in [-0.25, -0.2) is 39.5 Å². The predicted octanol–water partition coefficient (Wildman–Crippen LogP) is 10.8. The van der Waals surface area contributed by atoms with E-state index in [0.717, 1.165) is 28.7 Å². The van der Waals surface area contributed by atoms with E-state index in [1.54, 1.807) is 0 Å². The molecule has 2 aliphatic rings. The Bertz CT molecular complexity index is 2880. The van der Waals surface area contributed by atoms with Crippen molar-refractivity contribution in [1.82, 2.24) is 39.7 Å². The summed E-state index contributed by atoms with van der Waals surface area (Å²) >= 11 is 28.4. The molecule has 0 unspecified atom stereocenters. The molecule has 9 rings (SSSR count). The molecule has 22 heteroatoms. The average molecular weight is 1070 g/mol. The normalized spacial score (nSPS) is 14.5. The summed E-state index contributed by atoms with van der Waals surface area (Å²) < 4.78 is 10.6. The highest BCUT2D eigenvalue weighted by atomic mass is 35.5. The fourth-order valence-corrected chi connectivity index (χ4v) is 7.99. The van der Waals surface area contributed by atoms with Crippen LogP contribution in [0.2, 0.25) is 20.6 Å². The summed E-state index contributed by atoms with van der Waals surface area (Å²) in [6, 6.07) is 36.7. The average Bonchev–Trinajstić information content (AvgIpc) is 4.12. The number of nitrogens with one attached hydrogen (secondary N) is 1. The van der Waals surface area contributed by atoms with E-state index in [2.05, 4.69) is 35.2 Å². The van der Waals surface area contributed by atoms with Gasteiger partial charge in [-0.2, -0.15) is 0 Å². The van der Waals surface area contributed by atoms with Crippen molar-refractivity contribution in [3.8, 4) is 22.5 Å². The minimum Gasteiger partial charge on any atom is -0.445 e. The first-order valence-electron chi connectivity index (χ1n) is 22.1. The van der Waals surface area contributed by atoms with Gasteiger partial charge in [0.15, 0.2) is 20.6 Å². The molecule has 72 heavy (non-hydrogen) atoms. The number of likely N-dealkylation sites (tertiary alicyclic amines) is 2. The summed E-state index contributed by atoms with van der Waals surface area (Å²) in [7, 11) is 0. The van der Waals surface area contributed by atoms with Gasteiger partial charge in [0.25, 0.3) is 0 Å². The number of nitrogens with zero attached hydrogens (tertiary/aromatic N) is 8. The van der Waals surface area contributed by atoms with Crippen LogP contribution in [0.1, 0.15) is 36.8 Å². The molecule has 3 amide bonds. The zero-order valence-electron chi connectivity index (χ0n) is 38.2. The number of hydrogen-bond acceptors (Lipinski definition) is 14. The fourth-order valence-electron chi connectivity index (χ4n) is 7.13. The van der Waals surface area contributed by atoms with Crippen LogP contribution in [0.4, 0.5) is 26.7 Å². The third kappa shape index (κ3) is 15.4. The molecule has 0 spiro atoms. The zero-order chi connectivity index (χ0) is 51.4. The van der Waals surface area contributed by atoms with Crippen molar-refractivity contribution in [2.45, 2.75) is 51.0 Å². The van der Waals surface area contributed by atoms with Crippen molar-refractivity contribution >= 4 is 98.4 Å². The van der Waals surface area contributed by atoms with Crippen molar-refractivity contribution in [1.29, 1.82) is 0 Å². The highest BCUT2D eigenvalue weighted by Crippen LogP contribution is 2.32. The molecule has 0 radical (unpaired) electrons. The summed E-state index contributed by atoms with van der Waals surface area (Å²) in [5, 5.41) is 3.14. The second-order valence-corrected chi connectivity index (χ2v) is 17.3. The molecule has 2 saturated heterocycles. The van der Waals surface area contributed by atoms with Crippen LogP contribution in [0.5, 0.6) is 0 Å². The Morgan fingerprint density at radius 3 is 1.39 bits per heavy atom. The quantitative estimate of drug-likeness (QED) is 0.0901. The molecular formula is C50H46Cl5N11O6. The molecule has 0 bridgehead atoms. The first-order chi connectivity index (χ1) is 34.8. The molecular weight excluding hydrogens is 1030 g/mol. The van der Waals surface area contributed by atoms with E-state index in [-0.39, 0.29) is 40.3 Å². The van der Waals surface area contributed by atoms with E-state index in [4.69, 9.17) is 78.9 Å². The molecule has 4 aromatic carbocycles. The predicted molar refractivity (Wildman–Crippen MR) is 278 cm³/mol. The van der Waals surface area contributed by atoms with Crippen LogP contribution >= 0.6 is 58.0 Å². The van der Waals surface area contributed by atoms with E-state index in [9.17, 15) is 19.2 Å². The van der Waals surface area contributed by atoms with Crippen LogP contribution in [-0.2, 0) is 32.3 Å². The van der Waals surface area contributed by atoms with Gasteiger partial charge >= 0.3 is 12.2 Å². The van der Waals surface area contributed by atoms with Gasteiger partial charge in [0.1, 0.15) is 55.7 Å². The van der Waals surface area contributed by atoms with E-state index in [1.165, 1.54) is 28.8 Å². The molecule has 2 atom stereocenters. The number of halogens is 5. The number of aromatic nitrogens is 6. The number of carbonyl (C=O) groups excluding carboxylic acids is 4. The summed E-state index contributed by atoms with van der Waals surface area (Å²) in [5.41, 5.74) is 16.7. The van der Waals surface area contributed by atoms with Crippen molar-refractivity contribution in [3.63, 3.8) is 0 Å². The van der Waals surface area contributed by atoms with Crippen LogP contribution in [0.25, 0.3) is 22.5 Å². The highest BCUT2D eigenvalue weighted by Gasteiger charge is 2.36. The number of anilines is 3. The van der Waals surface area contributed by atoms with Crippen LogP contribution in [-0.4, -0.2) is 88.2 Å². The molecule has 2 aliphatic heterocycles. The first-order valence-corrected chi connectivity index (χ1v) is 23.9. The Balaban J connectivity index is 0.000000174. The number of amides is 3. The number of carbonyl (C=O) groups is 4. The van der Waals surface area contributed by atoms with E-state index >= 15 is 0 Å². The molecule has 7 aromatic rings. The maximum Gasteiger partial charge on any atom is 0.410 e. The van der Waals surface area contributed by atoms with Crippen LogP contribution < -0.4 is 16.8 Å². The summed E-state index contributed by atoms with van der Waals surface area (Å²) in [5.74, 6) is -0.344. The summed E-state index contributed by atoms with van der Waals surface area (Å²) in [6.45, 7) is 1.34. The van der Waals surface area contributed by atoms with Crippen LogP contribution in [0.3, 0.4) is 0 Å². The number of rotatable bonds is 9. The molecule has 372 valence electrons. The minimum atomic E-state index is -0.650. The number of ether oxygens (including phenoxy) is 2. The smallest absolute Gasteiger partial charge is 0.410 e. The number of benzene rings is 4. The Morgan fingerprint density at radius 1 is 0.528 bits per heavy atom. The SMILES string of the molecule is Nc1c(Cl)ncnc1-c1ccccc1.Nc1c(Cl)ncnc1Cl.O=C(Cl)[C@@H]1CCCN1C(=O)OCc1ccccc1.O=C(Nc1c(Cl)ncnc1-c1ccccc1)[C@@H]1CCCN1C(=O)OCc1ccccc1. The second kappa shape index (κ2) is 27.5. The lowest BCUT2D eigenvalue weighted by atomic mass is 10.1. The van der Waals surface area contributed by atoms with E-state index in [0.29, 0.717) is 60.3 Å².